The summed E-state index contributed by atoms with van der Waals surface area (Å²) in [6.45, 7) is -0.0304. The van der Waals surface area contributed by atoms with Gasteiger partial charge in [-0.05, 0) is 6.92 Å². The van der Waals surface area contributed by atoms with Gasteiger partial charge in [-0.2, -0.15) is 13.2 Å². The maximum Gasteiger partial charge on any atom is 0.405 e. The number of halogens is 3. The Balaban J connectivity index is 3.91. The number of rotatable bonds is 6. The summed E-state index contributed by atoms with van der Waals surface area (Å²) in [4.78, 5) is 11.1. The normalized spacial score (nSPS) is 14.4. The summed E-state index contributed by atoms with van der Waals surface area (Å²) in [6, 6.07) is -0.876. The van der Waals surface area contributed by atoms with Gasteiger partial charge in [0, 0.05) is 12.8 Å². The second kappa shape index (κ2) is 6.20. The Morgan fingerprint density at radius 3 is 2.29 bits per heavy atom. The van der Waals surface area contributed by atoms with Crippen LogP contribution in [0.4, 0.5) is 13.2 Å². The number of amides is 1. The van der Waals surface area contributed by atoms with Crippen LogP contribution >= 0.6 is 0 Å². The van der Waals surface area contributed by atoms with Crippen molar-refractivity contribution in [1.29, 1.82) is 0 Å². The molecule has 0 saturated carbocycles. The van der Waals surface area contributed by atoms with Crippen molar-refractivity contribution in [2.45, 2.75) is 19.1 Å². The van der Waals surface area contributed by atoms with Gasteiger partial charge in [0.25, 0.3) is 0 Å². The van der Waals surface area contributed by atoms with Crippen molar-refractivity contribution in [1.82, 2.24) is 10.6 Å². The zero-order chi connectivity index (χ0) is 13.7. The quantitative estimate of drug-likeness (QED) is 0.697. The summed E-state index contributed by atoms with van der Waals surface area (Å²) in [5.74, 6) is -1.00. The van der Waals surface area contributed by atoms with Gasteiger partial charge < -0.3 is 10.6 Å². The summed E-state index contributed by atoms with van der Waals surface area (Å²) >= 11 is 0. The second-order valence-corrected chi connectivity index (χ2v) is 5.90. The summed E-state index contributed by atoms with van der Waals surface area (Å²) < 4.78 is 56.8. The fourth-order valence-corrected chi connectivity index (χ4v) is 1.38. The van der Waals surface area contributed by atoms with Crippen LogP contribution < -0.4 is 10.6 Å². The molecule has 9 heteroatoms. The lowest BCUT2D eigenvalue weighted by molar-refractivity contribution is -0.139. The summed E-state index contributed by atoms with van der Waals surface area (Å²) in [6.07, 6.45) is -3.43. The molecule has 0 aromatic rings. The maximum absolute atomic E-state index is 11.8. The molecule has 0 fully saturated rings. The lowest BCUT2D eigenvalue weighted by atomic mass is 10.3. The number of carbonyl (C=O) groups excluding carboxylic acids is 1. The highest BCUT2D eigenvalue weighted by Gasteiger charge is 2.28. The van der Waals surface area contributed by atoms with Crippen molar-refractivity contribution < 1.29 is 26.4 Å². The SMILES string of the molecule is CC(NCCS(C)(=O)=O)C(=O)NCC(F)(F)F. The van der Waals surface area contributed by atoms with Crippen LogP contribution in [-0.4, -0.2) is 51.6 Å². The van der Waals surface area contributed by atoms with E-state index in [0.29, 0.717) is 0 Å². The fourth-order valence-electron chi connectivity index (χ4n) is 0.894. The zero-order valence-corrected chi connectivity index (χ0v) is 10.3. The highest BCUT2D eigenvalue weighted by Crippen LogP contribution is 2.12. The predicted molar refractivity (Wildman–Crippen MR) is 56.2 cm³/mol. The first-order valence-corrected chi connectivity index (χ1v) is 6.83. The lowest BCUT2D eigenvalue weighted by Gasteiger charge is -2.14. The molecule has 5 nitrogen and oxygen atoms in total. The van der Waals surface area contributed by atoms with E-state index >= 15 is 0 Å². The third kappa shape index (κ3) is 10.1. The summed E-state index contributed by atoms with van der Waals surface area (Å²) in [7, 11) is -3.16. The Hall–Kier alpha value is -0.830. The summed E-state index contributed by atoms with van der Waals surface area (Å²) in [5.41, 5.74) is 0. The van der Waals surface area contributed by atoms with Gasteiger partial charge in [0.1, 0.15) is 16.4 Å². The number of hydrogen-bond acceptors (Lipinski definition) is 4. The van der Waals surface area contributed by atoms with Gasteiger partial charge in [-0.3, -0.25) is 4.79 Å². The molecule has 0 aliphatic carbocycles. The molecule has 0 bridgehead atoms. The van der Waals surface area contributed by atoms with Crippen LogP contribution in [0.5, 0.6) is 0 Å². The largest absolute Gasteiger partial charge is 0.405 e. The molecule has 102 valence electrons. The van der Waals surface area contributed by atoms with Crippen LogP contribution in [0.15, 0.2) is 0 Å². The number of alkyl halides is 3. The van der Waals surface area contributed by atoms with Gasteiger partial charge in [0.15, 0.2) is 0 Å². The molecular weight excluding hydrogens is 261 g/mol. The van der Waals surface area contributed by atoms with E-state index < -0.39 is 34.5 Å². The standard InChI is InChI=1S/C8H15F3N2O3S/c1-6(12-3-4-17(2,15)16)7(14)13-5-8(9,10)11/h6,12H,3-5H2,1-2H3,(H,13,14). The lowest BCUT2D eigenvalue weighted by Crippen LogP contribution is -2.46. The molecule has 0 aliphatic rings. The molecule has 0 heterocycles. The molecule has 1 atom stereocenters. The maximum atomic E-state index is 11.8. The Kier molecular flexibility index (Phi) is 5.89. The van der Waals surface area contributed by atoms with Gasteiger partial charge in [0.2, 0.25) is 5.91 Å². The van der Waals surface area contributed by atoms with E-state index in [2.05, 4.69) is 5.32 Å². The van der Waals surface area contributed by atoms with Crippen molar-refractivity contribution in [3.05, 3.63) is 0 Å². The Labute approximate surface area is 97.7 Å². The van der Waals surface area contributed by atoms with E-state index in [1.165, 1.54) is 6.92 Å². The summed E-state index contributed by atoms with van der Waals surface area (Å²) in [5, 5.41) is 4.21. The third-order valence-electron chi connectivity index (χ3n) is 1.78. The van der Waals surface area contributed by atoms with E-state index in [0.717, 1.165) is 6.26 Å². The first kappa shape index (κ1) is 16.2. The zero-order valence-electron chi connectivity index (χ0n) is 9.47. The molecule has 2 N–H and O–H groups in total. The number of carbonyl (C=O) groups is 1. The molecule has 0 aromatic heterocycles. The number of nitrogens with one attached hydrogen (secondary N) is 2. The first-order chi connectivity index (χ1) is 7.51. The van der Waals surface area contributed by atoms with E-state index in [9.17, 15) is 26.4 Å². The highest BCUT2D eigenvalue weighted by atomic mass is 32.2. The Bertz CT molecular complexity index is 354. The van der Waals surface area contributed by atoms with Crippen LogP contribution in [0, 0.1) is 0 Å². The molecule has 0 aliphatic heterocycles. The minimum atomic E-state index is -4.46. The van der Waals surface area contributed by atoms with Crippen molar-refractivity contribution in [2.75, 3.05) is 25.1 Å². The van der Waals surface area contributed by atoms with Crippen LogP contribution in [0.3, 0.4) is 0 Å². The fraction of sp³-hybridized carbons (Fsp3) is 0.875. The molecule has 1 unspecified atom stereocenters. The van der Waals surface area contributed by atoms with Crippen molar-refractivity contribution in [3.8, 4) is 0 Å². The molecule has 0 radical (unpaired) electrons. The van der Waals surface area contributed by atoms with Crippen LogP contribution in [0.25, 0.3) is 0 Å². The van der Waals surface area contributed by atoms with Gasteiger partial charge >= 0.3 is 6.18 Å². The molecule has 17 heavy (non-hydrogen) atoms. The van der Waals surface area contributed by atoms with E-state index in [1.54, 1.807) is 5.32 Å². The number of sulfone groups is 1. The van der Waals surface area contributed by atoms with Gasteiger partial charge in [-0.1, -0.05) is 0 Å². The topological polar surface area (TPSA) is 75.3 Å². The average molecular weight is 276 g/mol. The molecular formula is C8H15F3N2O3S. The second-order valence-electron chi connectivity index (χ2n) is 3.64. The Morgan fingerprint density at radius 1 is 1.35 bits per heavy atom. The van der Waals surface area contributed by atoms with Crippen molar-refractivity contribution in [3.63, 3.8) is 0 Å². The first-order valence-electron chi connectivity index (χ1n) is 4.77. The van der Waals surface area contributed by atoms with Gasteiger partial charge in [-0.25, -0.2) is 8.42 Å². The Morgan fingerprint density at radius 2 is 1.88 bits per heavy atom. The van der Waals surface area contributed by atoms with E-state index in [1.807, 2.05) is 0 Å². The van der Waals surface area contributed by atoms with Gasteiger partial charge in [-0.15, -0.1) is 0 Å². The molecule has 0 aromatic carbocycles. The minimum absolute atomic E-state index is 0.0133. The monoisotopic (exact) mass is 276 g/mol. The molecule has 0 spiro atoms. The van der Waals surface area contributed by atoms with E-state index in [-0.39, 0.29) is 12.3 Å². The molecule has 1 amide bonds. The van der Waals surface area contributed by atoms with Gasteiger partial charge in [0.05, 0.1) is 11.8 Å². The smallest absolute Gasteiger partial charge is 0.346 e. The average Bonchev–Trinajstić information content (AvgIpc) is 2.10. The molecule has 0 rings (SSSR count). The number of hydrogen-bond donors (Lipinski definition) is 2. The van der Waals surface area contributed by atoms with Crippen molar-refractivity contribution in [2.24, 2.45) is 0 Å². The minimum Gasteiger partial charge on any atom is -0.346 e. The highest BCUT2D eigenvalue weighted by molar-refractivity contribution is 7.90. The van der Waals surface area contributed by atoms with Crippen molar-refractivity contribution >= 4 is 15.7 Å². The van der Waals surface area contributed by atoms with Crippen LogP contribution in [0.2, 0.25) is 0 Å². The van der Waals surface area contributed by atoms with E-state index in [4.69, 9.17) is 0 Å². The molecule has 0 saturated heterocycles. The third-order valence-corrected chi connectivity index (χ3v) is 2.73. The van der Waals surface area contributed by atoms with Crippen LogP contribution in [0.1, 0.15) is 6.92 Å². The predicted octanol–water partition coefficient (Wildman–Crippen LogP) is -0.312. The van der Waals surface area contributed by atoms with Crippen LogP contribution in [-0.2, 0) is 14.6 Å².